The highest BCUT2D eigenvalue weighted by Gasteiger charge is 2.27. The average molecular weight is 511 g/mol. The molecule has 6 heteroatoms. The van der Waals surface area contributed by atoms with Crippen molar-refractivity contribution in [2.45, 2.75) is 90.0 Å². The minimum atomic E-state index is -0.321. The van der Waals surface area contributed by atoms with Gasteiger partial charge >= 0.3 is 0 Å². The molecule has 1 N–H and O–H groups in total. The minimum Gasteiger partial charge on any atom is -0.347 e. The number of Topliss-reactive ketones (excluding diaryl/α,β-unsaturated/α-hetero) is 1. The quantitative estimate of drug-likeness (QED) is 0.359. The Labute approximate surface area is 225 Å². The van der Waals surface area contributed by atoms with Crippen LogP contribution in [0.2, 0.25) is 0 Å². The molecule has 0 bridgehead atoms. The van der Waals surface area contributed by atoms with Crippen molar-refractivity contribution in [2.24, 2.45) is 11.8 Å². The van der Waals surface area contributed by atoms with Crippen molar-refractivity contribution in [1.82, 2.24) is 9.55 Å². The second-order valence-electron chi connectivity index (χ2n) is 11.2. The lowest BCUT2D eigenvalue weighted by atomic mass is 9.79. The van der Waals surface area contributed by atoms with Crippen LogP contribution in [0.3, 0.4) is 0 Å². The van der Waals surface area contributed by atoms with Crippen molar-refractivity contribution >= 4 is 28.3 Å². The van der Waals surface area contributed by atoms with Crippen LogP contribution in [0, 0.1) is 23.2 Å². The summed E-state index contributed by atoms with van der Waals surface area (Å²) in [7, 11) is 0. The number of ketones is 1. The van der Waals surface area contributed by atoms with Gasteiger partial charge in [-0.2, -0.15) is 5.26 Å². The molecule has 2 aromatic heterocycles. The molecule has 2 aliphatic rings. The van der Waals surface area contributed by atoms with Gasteiger partial charge in [0.25, 0.3) is 5.91 Å². The number of anilines is 1. The molecular formula is C32H38N4O2. The van der Waals surface area contributed by atoms with Crippen molar-refractivity contribution in [3.05, 3.63) is 59.5 Å². The van der Waals surface area contributed by atoms with E-state index in [4.69, 9.17) is 5.26 Å². The number of nitriles is 1. The normalized spacial score (nSPS) is 20.5. The average Bonchev–Trinajstić information content (AvgIpc) is 3.59. The number of hydrogen-bond donors (Lipinski definition) is 1. The Morgan fingerprint density at radius 3 is 2.61 bits per heavy atom. The fourth-order valence-corrected chi connectivity index (χ4v) is 6.57. The Hall–Kier alpha value is -3.46. The third kappa shape index (κ3) is 5.83. The number of amides is 1. The summed E-state index contributed by atoms with van der Waals surface area (Å²) in [5, 5.41) is 13.3. The van der Waals surface area contributed by atoms with Crippen LogP contribution in [0.5, 0.6) is 0 Å². The molecule has 2 aliphatic carbocycles. The van der Waals surface area contributed by atoms with Gasteiger partial charge < -0.3 is 9.88 Å². The number of aryl methyl sites for hydroxylation is 1. The van der Waals surface area contributed by atoms with E-state index in [1.165, 1.54) is 60.8 Å². The van der Waals surface area contributed by atoms with E-state index < -0.39 is 0 Å². The van der Waals surface area contributed by atoms with Crippen molar-refractivity contribution in [1.29, 1.82) is 5.26 Å². The van der Waals surface area contributed by atoms with Gasteiger partial charge in [-0.05, 0) is 86.8 Å². The number of fused-ring (bicyclic) bond motifs is 1. The monoisotopic (exact) mass is 510 g/mol. The number of benzene rings is 1. The maximum Gasteiger partial charge on any atom is 0.274 e. The molecule has 0 saturated heterocycles. The van der Waals surface area contributed by atoms with Gasteiger partial charge in [0.05, 0.1) is 11.6 Å². The number of aromatic nitrogens is 2. The van der Waals surface area contributed by atoms with E-state index in [0.717, 1.165) is 50.8 Å². The van der Waals surface area contributed by atoms with Gasteiger partial charge in [0, 0.05) is 47.9 Å². The summed E-state index contributed by atoms with van der Waals surface area (Å²) in [6.07, 6.45) is 16.1. The molecule has 198 valence electrons. The van der Waals surface area contributed by atoms with Crippen LogP contribution in [-0.2, 0) is 11.3 Å². The van der Waals surface area contributed by atoms with Crippen LogP contribution >= 0.6 is 0 Å². The molecule has 1 amide bonds. The first kappa shape index (κ1) is 26.2. The van der Waals surface area contributed by atoms with E-state index in [9.17, 15) is 9.59 Å². The molecule has 38 heavy (non-hydrogen) atoms. The fraction of sp³-hybridized carbons (Fsp3) is 0.500. The molecule has 6 nitrogen and oxygen atoms in total. The van der Waals surface area contributed by atoms with E-state index in [0.29, 0.717) is 29.1 Å². The lowest BCUT2D eigenvalue weighted by Gasteiger charge is -2.25. The second kappa shape index (κ2) is 11.9. The van der Waals surface area contributed by atoms with Crippen molar-refractivity contribution < 1.29 is 9.59 Å². The summed E-state index contributed by atoms with van der Waals surface area (Å²) in [5.74, 6) is 1.48. The molecule has 3 aromatic rings. The summed E-state index contributed by atoms with van der Waals surface area (Å²) < 4.78 is 2.30. The molecule has 0 radical (unpaired) electrons. The Morgan fingerprint density at radius 2 is 1.82 bits per heavy atom. The number of pyridine rings is 1. The van der Waals surface area contributed by atoms with Crippen LogP contribution in [0.4, 0.5) is 5.69 Å². The Kier molecular flexibility index (Phi) is 8.22. The predicted octanol–water partition coefficient (Wildman–Crippen LogP) is 7.38. The number of carbonyl (C=O) groups excluding carboxylic acids is 2. The van der Waals surface area contributed by atoms with E-state index in [1.807, 2.05) is 6.07 Å². The van der Waals surface area contributed by atoms with Crippen LogP contribution in [0.1, 0.15) is 105 Å². The predicted molar refractivity (Wildman–Crippen MR) is 150 cm³/mol. The first-order valence-corrected chi connectivity index (χ1v) is 14.4. The number of rotatable bonds is 7. The molecule has 2 saturated carbocycles. The van der Waals surface area contributed by atoms with Crippen LogP contribution in [0.15, 0.2) is 42.7 Å². The van der Waals surface area contributed by atoms with Gasteiger partial charge in [-0.25, -0.2) is 0 Å². The molecule has 2 atom stereocenters. The first-order chi connectivity index (χ1) is 18.6. The molecule has 2 unspecified atom stereocenters. The van der Waals surface area contributed by atoms with E-state index >= 15 is 0 Å². The summed E-state index contributed by atoms with van der Waals surface area (Å²) in [6, 6.07) is 11.3. The van der Waals surface area contributed by atoms with Gasteiger partial charge in [0.2, 0.25) is 0 Å². The maximum absolute atomic E-state index is 12.9. The fourth-order valence-electron chi connectivity index (χ4n) is 6.57. The summed E-state index contributed by atoms with van der Waals surface area (Å²) in [4.78, 5) is 29.9. The highest BCUT2D eigenvalue weighted by Crippen LogP contribution is 2.39. The number of nitrogens with one attached hydrogen (secondary N) is 1. The number of nitrogens with zero attached hydrogens (tertiary/aromatic N) is 3. The summed E-state index contributed by atoms with van der Waals surface area (Å²) >= 11 is 0. The van der Waals surface area contributed by atoms with Gasteiger partial charge in [0.1, 0.15) is 11.5 Å². The lowest BCUT2D eigenvalue weighted by Crippen LogP contribution is -2.18. The Bertz CT molecular complexity index is 1350. The van der Waals surface area contributed by atoms with Crippen molar-refractivity contribution in [3.8, 4) is 6.07 Å². The molecule has 0 spiro atoms. The third-order valence-electron chi connectivity index (χ3n) is 8.71. The van der Waals surface area contributed by atoms with E-state index in [1.54, 1.807) is 6.07 Å². The maximum atomic E-state index is 12.9. The Morgan fingerprint density at radius 1 is 1.03 bits per heavy atom. The van der Waals surface area contributed by atoms with Crippen LogP contribution < -0.4 is 5.32 Å². The summed E-state index contributed by atoms with van der Waals surface area (Å²) in [5.41, 5.74) is 3.90. The van der Waals surface area contributed by atoms with Gasteiger partial charge in [-0.15, -0.1) is 0 Å². The van der Waals surface area contributed by atoms with Gasteiger partial charge in [-0.1, -0.05) is 32.1 Å². The smallest absolute Gasteiger partial charge is 0.274 e. The van der Waals surface area contributed by atoms with Crippen LogP contribution in [0.25, 0.3) is 10.9 Å². The number of carbonyl (C=O) groups is 2. The molecule has 2 heterocycles. The van der Waals surface area contributed by atoms with Crippen molar-refractivity contribution in [2.75, 3.05) is 5.32 Å². The number of hydrogen-bond acceptors (Lipinski definition) is 4. The van der Waals surface area contributed by atoms with E-state index in [-0.39, 0.29) is 11.6 Å². The second-order valence-corrected chi connectivity index (χ2v) is 11.2. The standard InChI is InChI=1S/C32H38N4O2/c1-2-36-21-28(24-8-4-3-7-22(11-12-24)18-31(37)25-9-5-6-10-25)27-19-26(13-14-30(27)36)35-32(38)29-17-23(20-33)15-16-34-29/h13-17,19,21-22,24-25H,2-12,18H2,1H3,(H,35,38). The zero-order valence-corrected chi connectivity index (χ0v) is 22.4. The molecule has 1 aromatic carbocycles. The molecule has 0 aliphatic heterocycles. The van der Waals surface area contributed by atoms with E-state index in [2.05, 4.69) is 46.2 Å². The highest BCUT2D eigenvalue weighted by atomic mass is 16.2. The topological polar surface area (TPSA) is 87.8 Å². The van der Waals surface area contributed by atoms with Gasteiger partial charge in [0.15, 0.2) is 0 Å². The van der Waals surface area contributed by atoms with Crippen LogP contribution in [-0.4, -0.2) is 21.2 Å². The highest BCUT2D eigenvalue weighted by molar-refractivity contribution is 6.04. The largest absolute Gasteiger partial charge is 0.347 e. The lowest BCUT2D eigenvalue weighted by molar-refractivity contribution is -0.123. The zero-order chi connectivity index (χ0) is 26.5. The Balaban J connectivity index is 1.34. The van der Waals surface area contributed by atoms with Gasteiger partial charge in [-0.3, -0.25) is 14.6 Å². The minimum absolute atomic E-state index is 0.230. The SMILES string of the molecule is CCn1cc(C2CCCCC(CC(=O)C3CCCC3)CC2)c2cc(NC(=O)c3cc(C#N)ccn3)ccc21. The molecule has 5 rings (SSSR count). The molecule has 2 fully saturated rings. The zero-order valence-electron chi connectivity index (χ0n) is 22.4. The summed E-state index contributed by atoms with van der Waals surface area (Å²) in [6.45, 7) is 3.05. The first-order valence-electron chi connectivity index (χ1n) is 14.4. The third-order valence-corrected chi connectivity index (χ3v) is 8.71. The van der Waals surface area contributed by atoms with Crippen molar-refractivity contribution in [3.63, 3.8) is 0 Å². The molecular weight excluding hydrogens is 472 g/mol.